The van der Waals surface area contributed by atoms with Crippen molar-refractivity contribution in [1.29, 1.82) is 5.26 Å². The Kier molecular flexibility index (Phi) is 4.95. The molecule has 0 aromatic heterocycles. The highest BCUT2D eigenvalue weighted by Gasteiger charge is 2.43. The van der Waals surface area contributed by atoms with Crippen LogP contribution >= 0.6 is 0 Å². The summed E-state index contributed by atoms with van der Waals surface area (Å²) in [5.41, 5.74) is -0.537. The SMILES string of the molecule is C[C@@](C#N)(NC(=O)COC(=O)c1cccc(N2C(=O)CCC2=O)c1)C1CC1. The van der Waals surface area contributed by atoms with Crippen molar-refractivity contribution in [2.45, 2.75) is 38.1 Å². The Morgan fingerprint density at radius 1 is 1.30 bits per heavy atom. The highest BCUT2D eigenvalue weighted by atomic mass is 16.5. The van der Waals surface area contributed by atoms with E-state index < -0.39 is 24.0 Å². The maximum absolute atomic E-state index is 12.2. The average molecular weight is 369 g/mol. The first-order chi connectivity index (χ1) is 12.8. The molecule has 8 heteroatoms. The molecule has 1 aromatic rings. The molecule has 1 aromatic carbocycles. The Balaban J connectivity index is 1.61. The van der Waals surface area contributed by atoms with Crippen LogP contribution in [0.4, 0.5) is 5.69 Å². The summed E-state index contributed by atoms with van der Waals surface area (Å²) in [4.78, 5) is 48.9. The summed E-state index contributed by atoms with van der Waals surface area (Å²) in [6, 6.07) is 8.03. The number of imide groups is 1. The second-order valence-electron chi connectivity index (χ2n) is 6.89. The molecule has 1 saturated carbocycles. The highest BCUT2D eigenvalue weighted by molar-refractivity contribution is 6.20. The molecule has 1 aliphatic carbocycles. The smallest absolute Gasteiger partial charge is 0.338 e. The predicted octanol–water partition coefficient (Wildman–Crippen LogP) is 1.31. The van der Waals surface area contributed by atoms with Crippen molar-refractivity contribution in [3.05, 3.63) is 29.8 Å². The summed E-state index contributed by atoms with van der Waals surface area (Å²) in [5, 5.41) is 11.8. The maximum atomic E-state index is 12.2. The van der Waals surface area contributed by atoms with Crippen molar-refractivity contribution in [3.8, 4) is 6.07 Å². The minimum atomic E-state index is -0.958. The lowest BCUT2D eigenvalue weighted by molar-refractivity contribution is -0.125. The fraction of sp³-hybridized carbons (Fsp3) is 0.421. The number of esters is 1. The van der Waals surface area contributed by atoms with Crippen LogP contribution in [0.2, 0.25) is 0 Å². The van der Waals surface area contributed by atoms with Crippen LogP contribution in [-0.4, -0.2) is 35.8 Å². The van der Waals surface area contributed by atoms with Crippen LogP contribution in [0.3, 0.4) is 0 Å². The normalized spacial score (nSPS) is 18.6. The Bertz CT molecular complexity index is 839. The Hall–Kier alpha value is -3.21. The molecule has 1 atom stereocenters. The molecular formula is C19H19N3O5. The number of carbonyl (C=O) groups is 4. The van der Waals surface area contributed by atoms with Gasteiger partial charge in [0.1, 0.15) is 5.54 Å². The maximum Gasteiger partial charge on any atom is 0.338 e. The summed E-state index contributed by atoms with van der Waals surface area (Å²) in [6.07, 6.45) is 2.05. The molecular weight excluding hydrogens is 350 g/mol. The minimum absolute atomic E-state index is 0.120. The zero-order valence-electron chi connectivity index (χ0n) is 14.9. The van der Waals surface area contributed by atoms with E-state index in [4.69, 9.17) is 4.74 Å². The number of nitrogens with one attached hydrogen (secondary N) is 1. The predicted molar refractivity (Wildman–Crippen MR) is 93.3 cm³/mol. The topological polar surface area (TPSA) is 117 Å². The number of benzene rings is 1. The van der Waals surface area contributed by atoms with Crippen molar-refractivity contribution >= 4 is 29.4 Å². The number of carbonyl (C=O) groups excluding carboxylic acids is 4. The molecule has 0 unspecified atom stereocenters. The van der Waals surface area contributed by atoms with Crippen molar-refractivity contribution in [2.75, 3.05) is 11.5 Å². The number of rotatable bonds is 6. The van der Waals surface area contributed by atoms with Crippen molar-refractivity contribution in [2.24, 2.45) is 5.92 Å². The third kappa shape index (κ3) is 3.97. The van der Waals surface area contributed by atoms with Gasteiger partial charge in [0.2, 0.25) is 11.8 Å². The van der Waals surface area contributed by atoms with Gasteiger partial charge in [0.05, 0.1) is 17.3 Å². The lowest BCUT2D eigenvalue weighted by Crippen LogP contribution is -2.48. The van der Waals surface area contributed by atoms with Crippen LogP contribution in [-0.2, 0) is 19.1 Å². The summed E-state index contributed by atoms with van der Waals surface area (Å²) in [7, 11) is 0. The van der Waals surface area contributed by atoms with Gasteiger partial charge in [-0.15, -0.1) is 0 Å². The van der Waals surface area contributed by atoms with Gasteiger partial charge in [0.25, 0.3) is 5.91 Å². The average Bonchev–Trinajstić information content (AvgIpc) is 3.46. The number of nitriles is 1. The number of nitrogens with zero attached hydrogens (tertiary/aromatic N) is 2. The van der Waals surface area contributed by atoms with Crippen molar-refractivity contribution in [3.63, 3.8) is 0 Å². The van der Waals surface area contributed by atoms with Gasteiger partial charge in [-0.25, -0.2) is 4.79 Å². The van der Waals surface area contributed by atoms with Crippen LogP contribution in [0.25, 0.3) is 0 Å². The Labute approximate surface area is 156 Å². The molecule has 2 aliphatic rings. The van der Waals surface area contributed by atoms with E-state index in [1.807, 2.05) is 0 Å². The van der Waals surface area contributed by atoms with E-state index in [9.17, 15) is 24.4 Å². The largest absolute Gasteiger partial charge is 0.452 e. The molecule has 1 aliphatic heterocycles. The summed E-state index contributed by atoms with van der Waals surface area (Å²) >= 11 is 0. The van der Waals surface area contributed by atoms with Gasteiger partial charge < -0.3 is 10.1 Å². The van der Waals surface area contributed by atoms with Crippen molar-refractivity contribution in [1.82, 2.24) is 5.32 Å². The molecule has 0 radical (unpaired) electrons. The first-order valence-corrected chi connectivity index (χ1v) is 8.69. The Morgan fingerprint density at radius 2 is 1.96 bits per heavy atom. The second-order valence-corrected chi connectivity index (χ2v) is 6.89. The third-order valence-electron chi connectivity index (χ3n) is 4.75. The quantitative estimate of drug-likeness (QED) is 0.597. The summed E-state index contributed by atoms with van der Waals surface area (Å²) < 4.78 is 5.00. The Morgan fingerprint density at radius 3 is 2.56 bits per heavy atom. The lowest BCUT2D eigenvalue weighted by Gasteiger charge is -2.22. The first kappa shape index (κ1) is 18.6. The zero-order valence-corrected chi connectivity index (χ0v) is 14.9. The molecule has 8 nitrogen and oxygen atoms in total. The number of hydrogen-bond donors (Lipinski definition) is 1. The van der Waals surface area contributed by atoms with Gasteiger partial charge in [-0.2, -0.15) is 5.26 Å². The number of amides is 3. The third-order valence-corrected chi connectivity index (χ3v) is 4.75. The van der Waals surface area contributed by atoms with Crippen molar-refractivity contribution < 1.29 is 23.9 Å². The van der Waals surface area contributed by atoms with Gasteiger partial charge in [0, 0.05) is 12.8 Å². The number of ether oxygens (including phenoxy) is 1. The van der Waals surface area contributed by atoms with Crippen LogP contribution in [0, 0.1) is 17.2 Å². The van der Waals surface area contributed by atoms with Gasteiger partial charge in [-0.3, -0.25) is 19.3 Å². The van der Waals surface area contributed by atoms with E-state index in [0.717, 1.165) is 17.7 Å². The van der Waals surface area contributed by atoms with Crippen LogP contribution < -0.4 is 10.2 Å². The molecule has 140 valence electrons. The summed E-state index contributed by atoms with van der Waals surface area (Å²) in [6.45, 7) is 1.13. The molecule has 0 spiro atoms. The van der Waals surface area contributed by atoms with Crippen LogP contribution in [0.5, 0.6) is 0 Å². The molecule has 3 rings (SSSR count). The van der Waals surface area contributed by atoms with E-state index in [1.165, 1.54) is 18.2 Å². The molecule has 0 bridgehead atoms. The zero-order chi connectivity index (χ0) is 19.6. The van der Waals surface area contributed by atoms with Crippen LogP contribution in [0.15, 0.2) is 24.3 Å². The molecule has 2 fully saturated rings. The second kappa shape index (κ2) is 7.19. The van der Waals surface area contributed by atoms with Gasteiger partial charge in [0.15, 0.2) is 6.61 Å². The first-order valence-electron chi connectivity index (χ1n) is 8.69. The van der Waals surface area contributed by atoms with E-state index in [-0.39, 0.29) is 36.1 Å². The van der Waals surface area contributed by atoms with E-state index in [1.54, 1.807) is 13.0 Å². The van der Waals surface area contributed by atoms with E-state index in [0.29, 0.717) is 5.69 Å². The molecule has 27 heavy (non-hydrogen) atoms. The summed E-state index contributed by atoms with van der Waals surface area (Å²) in [5.74, 6) is -1.83. The number of hydrogen-bond acceptors (Lipinski definition) is 6. The molecule has 1 saturated heterocycles. The lowest BCUT2D eigenvalue weighted by atomic mass is 9.98. The van der Waals surface area contributed by atoms with Gasteiger partial charge in [-0.1, -0.05) is 6.07 Å². The standard InChI is InChI=1S/C19H19N3O5/c1-19(11-20,13-5-6-13)21-15(23)10-27-18(26)12-3-2-4-14(9-12)22-16(24)7-8-17(22)25/h2-4,9,13H,5-8,10H2,1H3,(H,21,23)/t19-/m0/s1. The molecule has 1 N–H and O–H groups in total. The fourth-order valence-electron chi connectivity index (χ4n) is 3.06. The van der Waals surface area contributed by atoms with Gasteiger partial charge in [-0.05, 0) is 43.9 Å². The molecule has 1 heterocycles. The molecule has 3 amide bonds. The van der Waals surface area contributed by atoms with Gasteiger partial charge >= 0.3 is 5.97 Å². The fourth-order valence-corrected chi connectivity index (χ4v) is 3.06. The monoisotopic (exact) mass is 369 g/mol. The van der Waals surface area contributed by atoms with Crippen LogP contribution in [0.1, 0.15) is 43.0 Å². The minimum Gasteiger partial charge on any atom is -0.452 e. The van der Waals surface area contributed by atoms with E-state index >= 15 is 0 Å². The van der Waals surface area contributed by atoms with E-state index in [2.05, 4.69) is 11.4 Å². The highest BCUT2D eigenvalue weighted by Crippen LogP contribution is 2.39. The number of anilines is 1.